The molecule has 0 aliphatic carbocycles. The van der Waals surface area contributed by atoms with Crippen molar-refractivity contribution in [2.75, 3.05) is 0 Å². The molecule has 3 aromatic rings. The van der Waals surface area contributed by atoms with Gasteiger partial charge < -0.3 is 5.11 Å². The van der Waals surface area contributed by atoms with Gasteiger partial charge in [0.05, 0.1) is 0 Å². The number of halogens is 2. The van der Waals surface area contributed by atoms with Crippen LogP contribution in [0.3, 0.4) is 0 Å². The Bertz CT molecular complexity index is 800. The van der Waals surface area contributed by atoms with Gasteiger partial charge in [-0.15, -0.1) is 0 Å². The molecule has 0 saturated heterocycles. The van der Waals surface area contributed by atoms with Crippen molar-refractivity contribution in [3.05, 3.63) is 107 Å². The third kappa shape index (κ3) is 4.36. The minimum Gasteiger partial charge on any atom is -0.380 e. The Morgan fingerprint density at radius 3 is 1.81 bits per heavy atom. The monoisotopic (exact) mass is 352 g/mol. The highest BCUT2D eigenvalue weighted by Gasteiger charge is 2.31. The van der Waals surface area contributed by atoms with Gasteiger partial charge in [-0.25, -0.2) is 8.78 Å². The quantitative estimate of drug-likeness (QED) is 0.548. The Kier molecular flexibility index (Phi) is 5.79. The number of rotatable bonds is 7. The molecule has 0 aliphatic heterocycles. The summed E-state index contributed by atoms with van der Waals surface area (Å²) in [6, 6.07) is 22.0. The molecule has 26 heavy (non-hydrogen) atoms. The second-order valence-corrected chi connectivity index (χ2v) is 6.57. The Labute approximate surface area is 152 Å². The van der Waals surface area contributed by atoms with Crippen molar-refractivity contribution < 1.29 is 13.9 Å². The van der Waals surface area contributed by atoms with Crippen molar-refractivity contribution in [2.24, 2.45) is 0 Å². The van der Waals surface area contributed by atoms with Crippen LogP contribution in [0, 0.1) is 11.6 Å². The Morgan fingerprint density at radius 2 is 1.27 bits per heavy atom. The van der Waals surface area contributed by atoms with E-state index >= 15 is 0 Å². The fraction of sp³-hybridized carbons (Fsp3) is 0.217. The maximum absolute atomic E-state index is 13.7. The largest absolute Gasteiger partial charge is 0.380 e. The summed E-state index contributed by atoms with van der Waals surface area (Å²) < 4.78 is 27.4. The zero-order chi connectivity index (χ0) is 18.4. The lowest BCUT2D eigenvalue weighted by atomic mass is 9.82. The molecule has 1 N–H and O–H groups in total. The average molecular weight is 352 g/mol. The molecule has 0 heterocycles. The molecule has 0 amide bonds. The number of hydrogen-bond donors (Lipinski definition) is 1. The fourth-order valence-corrected chi connectivity index (χ4v) is 3.30. The lowest BCUT2D eigenvalue weighted by molar-refractivity contribution is 0.0674. The first-order valence-corrected chi connectivity index (χ1v) is 8.86. The molecule has 0 atom stereocenters. The second kappa shape index (κ2) is 8.24. The highest BCUT2D eigenvalue weighted by Crippen LogP contribution is 2.35. The van der Waals surface area contributed by atoms with Crippen molar-refractivity contribution in [3.8, 4) is 0 Å². The van der Waals surface area contributed by atoms with Crippen molar-refractivity contribution in [1.29, 1.82) is 0 Å². The van der Waals surface area contributed by atoms with E-state index in [1.807, 2.05) is 18.2 Å². The van der Waals surface area contributed by atoms with Crippen LogP contribution in [0.1, 0.15) is 36.0 Å². The molecular formula is C23H22F2O. The predicted molar refractivity (Wildman–Crippen MR) is 99.8 cm³/mol. The average Bonchev–Trinajstić information content (AvgIpc) is 2.66. The van der Waals surface area contributed by atoms with Crippen LogP contribution in [0.25, 0.3) is 0 Å². The first-order valence-electron chi connectivity index (χ1n) is 8.86. The van der Waals surface area contributed by atoms with Gasteiger partial charge in [0.1, 0.15) is 17.2 Å². The van der Waals surface area contributed by atoms with Gasteiger partial charge in [0.2, 0.25) is 0 Å². The Hall–Kier alpha value is -2.52. The van der Waals surface area contributed by atoms with Gasteiger partial charge in [-0.1, -0.05) is 54.6 Å². The lowest BCUT2D eigenvalue weighted by Gasteiger charge is -2.29. The molecule has 0 aliphatic rings. The van der Waals surface area contributed by atoms with Crippen LogP contribution in [0.15, 0.2) is 78.9 Å². The van der Waals surface area contributed by atoms with Gasteiger partial charge >= 0.3 is 0 Å². The third-order valence-corrected chi connectivity index (χ3v) is 4.70. The van der Waals surface area contributed by atoms with Crippen LogP contribution in [0.2, 0.25) is 0 Å². The summed E-state index contributed by atoms with van der Waals surface area (Å²) in [5.41, 5.74) is 0.721. The van der Waals surface area contributed by atoms with Gasteiger partial charge in [0, 0.05) is 0 Å². The maximum Gasteiger partial charge on any atom is 0.123 e. The van der Waals surface area contributed by atoms with Crippen LogP contribution in [-0.2, 0) is 12.0 Å². The second-order valence-electron chi connectivity index (χ2n) is 6.57. The number of hydrogen-bond acceptors (Lipinski definition) is 1. The zero-order valence-electron chi connectivity index (χ0n) is 14.5. The number of aryl methyl sites for hydroxylation is 1. The van der Waals surface area contributed by atoms with Crippen LogP contribution >= 0.6 is 0 Å². The van der Waals surface area contributed by atoms with Crippen LogP contribution in [0.5, 0.6) is 0 Å². The van der Waals surface area contributed by atoms with Crippen molar-refractivity contribution in [3.63, 3.8) is 0 Å². The molecule has 134 valence electrons. The summed E-state index contributed by atoms with van der Waals surface area (Å²) in [5, 5.41) is 11.4. The summed E-state index contributed by atoms with van der Waals surface area (Å²) in [6.07, 6.45) is 2.92. The molecule has 0 unspecified atom stereocenters. The van der Waals surface area contributed by atoms with E-state index in [1.165, 1.54) is 29.8 Å². The molecule has 3 aromatic carbocycles. The lowest BCUT2D eigenvalue weighted by Crippen LogP contribution is -2.27. The minimum absolute atomic E-state index is 0.396. The van der Waals surface area contributed by atoms with E-state index < -0.39 is 17.2 Å². The molecule has 0 saturated carbocycles. The van der Waals surface area contributed by atoms with Gasteiger partial charge in [-0.05, 0) is 66.6 Å². The number of benzene rings is 3. The van der Waals surface area contributed by atoms with Crippen LogP contribution < -0.4 is 0 Å². The molecular weight excluding hydrogens is 330 g/mol. The van der Waals surface area contributed by atoms with Crippen molar-refractivity contribution in [1.82, 2.24) is 0 Å². The summed E-state index contributed by atoms with van der Waals surface area (Å²) in [6.45, 7) is 0. The highest BCUT2D eigenvalue weighted by molar-refractivity contribution is 5.36. The summed E-state index contributed by atoms with van der Waals surface area (Å²) in [5.74, 6) is -0.830. The van der Waals surface area contributed by atoms with Crippen molar-refractivity contribution >= 4 is 0 Å². The SMILES string of the molecule is OC(CCCCc1ccccc1)(c1cccc(F)c1)c1cccc(F)c1. The molecule has 3 heteroatoms. The molecule has 0 aromatic heterocycles. The predicted octanol–water partition coefficient (Wildman–Crippen LogP) is 5.61. The highest BCUT2D eigenvalue weighted by atomic mass is 19.1. The summed E-state index contributed by atoms with van der Waals surface area (Å²) in [7, 11) is 0. The van der Waals surface area contributed by atoms with Gasteiger partial charge in [0.15, 0.2) is 0 Å². The van der Waals surface area contributed by atoms with E-state index in [0.29, 0.717) is 17.5 Å². The molecule has 0 bridgehead atoms. The number of unbranched alkanes of at least 4 members (excludes halogenated alkanes) is 1. The van der Waals surface area contributed by atoms with E-state index in [-0.39, 0.29) is 0 Å². The smallest absolute Gasteiger partial charge is 0.123 e. The zero-order valence-corrected chi connectivity index (χ0v) is 14.5. The Balaban J connectivity index is 1.79. The van der Waals surface area contributed by atoms with E-state index in [1.54, 1.807) is 24.3 Å². The molecule has 3 rings (SSSR count). The third-order valence-electron chi connectivity index (χ3n) is 4.70. The first kappa shape index (κ1) is 18.3. The molecule has 0 radical (unpaired) electrons. The number of aliphatic hydroxyl groups is 1. The topological polar surface area (TPSA) is 20.2 Å². The standard InChI is InChI=1S/C23H22F2O/c24-21-13-6-11-19(16-21)23(26,20-12-7-14-22(25)17-20)15-5-4-10-18-8-2-1-3-9-18/h1-3,6-9,11-14,16-17,26H,4-5,10,15H2. The minimum atomic E-state index is -1.42. The van der Waals surface area contributed by atoms with E-state index in [9.17, 15) is 13.9 Å². The molecule has 0 spiro atoms. The maximum atomic E-state index is 13.7. The first-order chi connectivity index (χ1) is 12.6. The van der Waals surface area contributed by atoms with E-state index in [4.69, 9.17) is 0 Å². The van der Waals surface area contributed by atoms with Gasteiger partial charge in [-0.2, -0.15) is 0 Å². The summed E-state index contributed by atoms with van der Waals surface area (Å²) >= 11 is 0. The molecule has 0 fully saturated rings. The fourth-order valence-electron chi connectivity index (χ4n) is 3.30. The van der Waals surface area contributed by atoms with Gasteiger partial charge in [-0.3, -0.25) is 0 Å². The van der Waals surface area contributed by atoms with Crippen molar-refractivity contribution in [2.45, 2.75) is 31.3 Å². The van der Waals surface area contributed by atoms with Crippen LogP contribution in [-0.4, -0.2) is 5.11 Å². The van der Waals surface area contributed by atoms with E-state index in [0.717, 1.165) is 19.3 Å². The van der Waals surface area contributed by atoms with E-state index in [2.05, 4.69) is 12.1 Å². The van der Waals surface area contributed by atoms with Gasteiger partial charge in [0.25, 0.3) is 0 Å². The summed E-state index contributed by atoms with van der Waals surface area (Å²) in [4.78, 5) is 0. The Morgan fingerprint density at radius 1 is 0.692 bits per heavy atom. The van der Waals surface area contributed by atoms with Crippen LogP contribution in [0.4, 0.5) is 8.78 Å². The normalized spacial score (nSPS) is 11.5. The molecule has 1 nitrogen and oxygen atoms in total.